The maximum atomic E-state index is 8.43. The Bertz CT molecular complexity index is 899. The van der Waals surface area contributed by atoms with E-state index in [-0.39, 0.29) is 12.4 Å². The SMILES string of the molecule is C=CCn1c(=N)n(CCCOc2ccc(Br)cc2)c2ccccc21.Cl. The molecule has 0 bridgehead atoms. The van der Waals surface area contributed by atoms with E-state index in [1.807, 2.05) is 57.7 Å². The Kier molecular flexibility index (Phi) is 6.91. The number of nitrogens with zero attached hydrogens (tertiary/aromatic N) is 2. The fraction of sp³-hybridized carbons (Fsp3) is 0.211. The minimum atomic E-state index is 0. The van der Waals surface area contributed by atoms with E-state index < -0.39 is 0 Å². The lowest BCUT2D eigenvalue weighted by molar-refractivity contribution is 0.301. The Labute approximate surface area is 161 Å². The lowest BCUT2D eigenvalue weighted by Gasteiger charge is -2.07. The summed E-state index contributed by atoms with van der Waals surface area (Å²) >= 11 is 3.41. The molecule has 0 unspecified atom stereocenters. The van der Waals surface area contributed by atoms with Crippen molar-refractivity contribution in [2.24, 2.45) is 0 Å². The minimum absolute atomic E-state index is 0. The molecule has 1 aromatic heterocycles. The third-order valence-corrected chi connectivity index (χ3v) is 4.42. The van der Waals surface area contributed by atoms with Crippen molar-refractivity contribution in [3.8, 4) is 5.75 Å². The Morgan fingerprint density at radius 3 is 2.32 bits per heavy atom. The van der Waals surface area contributed by atoms with Crippen molar-refractivity contribution in [3.05, 3.63) is 71.3 Å². The second-order valence-electron chi connectivity index (χ2n) is 5.52. The number of halogens is 2. The van der Waals surface area contributed by atoms with Crippen LogP contribution in [0.4, 0.5) is 0 Å². The van der Waals surface area contributed by atoms with E-state index in [1.54, 1.807) is 0 Å². The zero-order chi connectivity index (χ0) is 16.9. The topological polar surface area (TPSA) is 42.9 Å². The fourth-order valence-corrected chi connectivity index (χ4v) is 3.04. The van der Waals surface area contributed by atoms with Gasteiger partial charge in [0.05, 0.1) is 17.6 Å². The molecule has 0 atom stereocenters. The first-order chi connectivity index (χ1) is 11.7. The summed E-state index contributed by atoms with van der Waals surface area (Å²) in [7, 11) is 0. The van der Waals surface area contributed by atoms with Gasteiger partial charge in [-0.3, -0.25) is 5.41 Å². The maximum absolute atomic E-state index is 8.43. The average molecular weight is 423 g/mol. The van der Waals surface area contributed by atoms with E-state index in [0.29, 0.717) is 18.8 Å². The zero-order valence-corrected chi connectivity index (χ0v) is 16.2. The van der Waals surface area contributed by atoms with Gasteiger partial charge in [-0.15, -0.1) is 19.0 Å². The molecule has 0 spiro atoms. The number of para-hydroxylation sites is 2. The number of allylic oxidation sites excluding steroid dienone is 1. The van der Waals surface area contributed by atoms with E-state index in [0.717, 1.165) is 34.2 Å². The van der Waals surface area contributed by atoms with Crippen molar-refractivity contribution in [2.45, 2.75) is 19.5 Å². The molecule has 3 aromatic rings. The summed E-state index contributed by atoms with van der Waals surface area (Å²) < 4.78 is 10.8. The number of aryl methyl sites for hydroxylation is 1. The minimum Gasteiger partial charge on any atom is -0.494 e. The van der Waals surface area contributed by atoms with Crippen LogP contribution in [-0.2, 0) is 13.1 Å². The van der Waals surface area contributed by atoms with Crippen LogP contribution >= 0.6 is 28.3 Å². The molecule has 0 radical (unpaired) electrons. The fourth-order valence-electron chi connectivity index (χ4n) is 2.78. The summed E-state index contributed by atoms with van der Waals surface area (Å²) in [5, 5.41) is 8.43. The van der Waals surface area contributed by atoms with Crippen LogP contribution in [0, 0.1) is 5.41 Å². The number of rotatable bonds is 7. The summed E-state index contributed by atoms with van der Waals surface area (Å²) in [5.74, 6) is 0.864. The van der Waals surface area contributed by atoms with Crippen molar-refractivity contribution in [1.82, 2.24) is 9.13 Å². The number of hydrogen-bond donors (Lipinski definition) is 1. The molecule has 0 aliphatic carbocycles. The van der Waals surface area contributed by atoms with Crippen LogP contribution in [0.2, 0.25) is 0 Å². The van der Waals surface area contributed by atoms with E-state index in [9.17, 15) is 0 Å². The summed E-state index contributed by atoms with van der Waals surface area (Å²) in [6.07, 6.45) is 2.67. The van der Waals surface area contributed by atoms with Crippen molar-refractivity contribution in [2.75, 3.05) is 6.61 Å². The predicted molar refractivity (Wildman–Crippen MR) is 107 cm³/mol. The Morgan fingerprint density at radius 1 is 1.04 bits per heavy atom. The molecule has 0 aliphatic rings. The van der Waals surface area contributed by atoms with Crippen molar-refractivity contribution in [3.63, 3.8) is 0 Å². The molecule has 3 rings (SSSR count). The Hall–Kier alpha value is -1.98. The van der Waals surface area contributed by atoms with Gasteiger partial charge < -0.3 is 13.9 Å². The highest BCUT2D eigenvalue weighted by atomic mass is 79.9. The summed E-state index contributed by atoms with van der Waals surface area (Å²) in [6.45, 7) is 5.80. The standard InChI is InChI=1S/C19H20BrN3O.ClH/c1-2-12-22-17-6-3-4-7-18(17)23(19(22)21)13-5-14-24-16-10-8-15(20)9-11-16;/h2-4,6-11,21H,1,5,12-14H2;1H. The van der Waals surface area contributed by atoms with Gasteiger partial charge in [-0.1, -0.05) is 34.1 Å². The lowest BCUT2D eigenvalue weighted by atomic mass is 10.3. The molecule has 0 saturated carbocycles. The normalized spacial score (nSPS) is 10.4. The molecule has 4 nitrogen and oxygen atoms in total. The molecule has 2 aromatic carbocycles. The number of imidazole rings is 1. The van der Waals surface area contributed by atoms with Crippen molar-refractivity contribution >= 4 is 39.4 Å². The van der Waals surface area contributed by atoms with E-state index in [2.05, 4.69) is 28.6 Å². The number of nitrogens with one attached hydrogen (secondary N) is 1. The van der Waals surface area contributed by atoms with Crippen molar-refractivity contribution < 1.29 is 4.74 Å². The van der Waals surface area contributed by atoms with Gasteiger partial charge in [0.2, 0.25) is 5.62 Å². The van der Waals surface area contributed by atoms with Gasteiger partial charge in [-0.05, 0) is 42.8 Å². The molecule has 132 valence electrons. The zero-order valence-electron chi connectivity index (χ0n) is 13.8. The van der Waals surface area contributed by atoms with Gasteiger partial charge in [-0.25, -0.2) is 0 Å². The van der Waals surface area contributed by atoms with Crippen LogP contribution < -0.4 is 10.4 Å². The molecule has 1 heterocycles. The van der Waals surface area contributed by atoms with Gasteiger partial charge in [0, 0.05) is 17.6 Å². The molecule has 1 N–H and O–H groups in total. The summed E-state index contributed by atoms with van der Waals surface area (Å²) in [4.78, 5) is 0. The molecule has 25 heavy (non-hydrogen) atoms. The molecule has 0 aliphatic heterocycles. The molecular formula is C19H21BrClN3O. The van der Waals surface area contributed by atoms with Crippen LogP contribution in [0.5, 0.6) is 5.75 Å². The third kappa shape index (κ3) is 4.35. The molecular weight excluding hydrogens is 402 g/mol. The second kappa shape index (κ2) is 8.92. The van der Waals surface area contributed by atoms with Crippen LogP contribution in [0.1, 0.15) is 6.42 Å². The number of hydrogen-bond acceptors (Lipinski definition) is 2. The van der Waals surface area contributed by atoms with Gasteiger partial charge in [0.1, 0.15) is 5.75 Å². The van der Waals surface area contributed by atoms with Crippen LogP contribution in [-0.4, -0.2) is 15.7 Å². The smallest absolute Gasteiger partial charge is 0.203 e. The van der Waals surface area contributed by atoms with E-state index in [4.69, 9.17) is 10.1 Å². The molecule has 0 saturated heterocycles. The van der Waals surface area contributed by atoms with Crippen LogP contribution in [0.15, 0.2) is 65.7 Å². The predicted octanol–water partition coefficient (Wildman–Crippen LogP) is 4.76. The van der Waals surface area contributed by atoms with Gasteiger partial charge in [0.15, 0.2) is 0 Å². The number of ether oxygens (including phenoxy) is 1. The quantitative estimate of drug-likeness (QED) is 0.433. The van der Waals surface area contributed by atoms with Crippen LogP contribution in [0.25, 0.3) is 11.0 Å². The Morgan fingerprint density at radius 2 is 1.68 bits per heavy atom. The largest absolute Gasteiger partial charge is 0.494 e. The van der Waals surface area contributed by atoms with Crippen LogP contribution in [0.3, 0.4) is 0 Å². The third-order valence-electron chi connectivity index (χ3n) is 3.89. The highest BCUT2D eigenvalue weighted by Gasteiger charge is 2.09. The van der Waals surface area contributed by atoms with E-state index in [1.165, 1.54) is 0 Å². The molecule has 6 heteroatoms. The summed E-state index contributed by atoms with van der Waals surface area (Å²) in [5.41, 5.74) is 2.64. The van der Waals surface area contributed by atoms with Crippen molar-refractivity contribution in [1.29, 1.82) is 5.41 Å². The first-order valence-corrected chi connectivity index (χ1v) is 8.72. The molecule has 0 fully saturated rings. The lowest BCUT2D eigenvalue weighted by Crippen LogP contribution is -2.25. The first kappa shape index (κ1) is 19.3. The van der Waals surface area contributed by atoms with Gasteiger partial charge in [0.25, 0.3) is 0 Å². The van der Waals surface area contributed by atoms with E-state index >= 15 is 0 Å². The first-order valence-electron chi connectivity index (χ1n) is 7.92. The monoisotopic (exact) mass is 421 g/mol. The number of fused-ring (bicyclic) bond motifs is 1. The van der Waals surface area contributed by atoms with Gasteiger partial charge in [-0.2, -0.15) is 0 Å². The molecule has 0 amide bonds. The number of aromatic nitrogens is 2. The van der Waals surface area contributed by atoms with Gasteiger partial charge >= 0.3 is 0 Å². The highest BCUT2D eigenvalue weighted by molar-refractivity contribution is 9.10. The summed E-state index contributed by atoms with van der Waals surface area (Å²) in [6, 6.07) is 15.9. The maximum Gasteiger partial charge on any atom is 0.203 e. The number of benzene rings is 2. The average Bonchev–Trinajstić information content (AvgIpc) is 2.86. The second-order valence-corrected chi connectivity index (χ2v) is 6.43. The Balaban J connectivity index is 0.00000225. The highest BCUT2D eigenvalue weighted by Crippen LogP contribution is 2.17.